The molecule has 1 aliphatic rings. The lowest BCUT2D eigenvalue weighted by molar-refractivity contribution is -0.603. The van der Waals surface area contributed by atoms with Gasteiger partial charge in [-0.1, -0.05) is 24.0 Å². The summed E-state index contributed by atoms with van der Waals surface area (Å²) < 4.78 is 0.574. The number of rotatable bonds is 3. The van der Waals surface area contributed by atoms with Crippen molar-refractivity contribution < 1.29 is 19.8 Å². The molecule has 1 fully saturated rings. The lowest BCUT2D eigenvalue weighted by Gasteiger charge is -2.29. The highest BCUT2D eigenvalue weighted by atomic mass is 16.5. The van der Waals surface area contributed by atoms with Crippen LogP contribution in [0.4, 0.5) is 0 Å². The number of fused-ring (bicyclic) bond motifs is 1. The summed E-state index contributed by atoms with van der Waals surface area (Å²) in [4.78, 5) is 16.6. The highest BCUT2D eigenvalue weighted by Gasteiger charge is 2.26. The molecule has 31 heavy (non-hydrogen) atoms. The van der Waals surface area contributed by atoms with Crippen molar-refractivity contribution in [3.8, 4) is 34.9 Å². The van der Waals surface area contributed by atoms with E-state index in [0.29, 0.717) is 33.2 Å². The molecule has 0 saturated heterocycles. The van der Waals surface area contributed by atoms with Crippen LogP contribution in [0.25, 0.3) is 22.2 Å². The second-order valence-electron chi connectivity index (χ2n) is 7.41. The van der Waals surface area contributed by atoms with Crippen LogP contribution >= 0.6 is 0 Å². The summed E-state index contributed by atoms with van der Waals surface area (Å²) in [6.07, 6.45) is 4.41. The lowest BCUT2D eigenvalue weighted by Crippen LogP contribution is -2.25. The predicted molar refractivity (Wildman–Crippen MR) is 113 cm³/mol. The SMILES string of the molecule is O=C(NO)c1cc(-c2ccc(C#CC#CC3CC(CO)C3)cc2)nc2cc[n+]([O-])cc12. The standard InChI is InChI=1S/C24H19N3O4/c28-15-18-11-17(12-18)4-2-1-3-16-5-7-19(8-6-16)23-13-20(24(29)26-30)21-14-27(31)10-9-22(21)25-23/h5-10,13-14,17-18,28,30H,11-12,15H2,(H,26,29). The largest absolute Gasteiger partial charge is 0.619 e. The number of aliphatic hydroxyl groups is 1. The van der Waals surface area contributed by atoms with E-state index >= 15 is 0 Å². The zero-order valence-electron chi connectivity index (χ0n) is 16.5. The van der Waals surface area contributed by atoms with Gasteiger partial charge in [0.05, 0.1) is 22.2 Å². The number of aromatic nitrogens is 2. The Kier molecular flexibility index (Phi) is 5.81. The first-order chi connectivity index (χ1) is 15.1. The van der Waals surface area contributed by atoms with E-state index in [2.05, 4.69) is 28.7 Å². The second-order valence-corrected chi connectivity index (χ2v) is 7.41. The number of amides is 1. The number of nitrogens with one attached hydrogen (secondary N) is 1. The molecular weight excluding hydrogens is 394 g/mol. The molecule has 0 spiro atoms. The van der Waals surface area contributed by atoms with Crippen molar-refractivity contribution in [1.29, 1.82) is 0 Å². The summed E-state index contributed by atoms with van der Waals surface area (Å²) >= 11 is 0. The van der Waals surface area contributed by atoms with Crippen LogP contribution < -0.4 is 10.2 Å². The Morgan fingerprint density at radius 3 is 2.71 bits per heavy atom. The first-order valence-corrected chi connectivity index (χ1v) is 9.78. The molecule has 0 aliphatic heterocycles. The summed E-state index contributed by atoms with van der Waals surface area (Å²) in [7, 11) is 0. The normalized spacial score (nSPS) is 17.0. The molecule has 7 heteroatoms. The first-order valence-electron chi connectivity index (χ1n) is 9.78. The van der Waals surface area contributed by atoms with Gasteiger partial charge in [0.2, 0.25) is 0 Å². The molecule has 3 N–H and O–H groups in total. The quantitative estimate of drug-likeness (QED) is 0.200. The van der Waals surface area contributed by atoms with E-state index in [9.17, 15) is 10.0 Å². The molecule has 0 bridgehead atoms. The fraction of sp³-hybridized carbons (Fsp3) is 0.208. The molecule has 3 aromatic rings. The molecule has 2 heterocycles. The third kappa shape index (κ3) is 4.49. The minimum atomic E-state index is -0.724. The van der Waals surface area contributed by atoms with Crippen molar-refractivity contribution >= 4 is 16.8 Å². The van der Waals surface area contributed by atoms with Gasteiger partial charge in [0, 0.05) is 29.7 Å². The number of benzene rings is 1. The number of pyridine rings is 2. The average Bonchev–Trinajstić information content (AvgIpc) is 2.77. The van der Waals surface area contributed by atoms with Gasteiger partial charge in [-0.3, -0.25) is 10.0 Å². The third-order valence-corrected chi connectivity index (χ3v) is 5.29. The number of nitrogens with zero attached hydrogens (tertiary/aromatic N) is 2. The van der Waals surface area contributed by atoms with Crippen molar-refractivity contribution in [2.45, 2.75) is 12.8 Å². The predicted octanol–water partition coefficient (Wildman–Crippen LogP) is 2.03. The molecule has 7 nitrogen and oxygen atoms in total. The fourth-order valence-electron chi connectivity index (χ4n) is 3.52. The maximum Gasteiger partial charge on any atom is 0.275 e. The molecule has 1 aliphatic carbocycles. The summed E-state index contributed by atoms with van der Waals surface area (Å²) in [6.45, 7) is 0.229. The van der Waals surface area contributed by atoms with E-state index in [-0.39, 0.29) is 12.2 Å². The van der Waals surface area contributed by atoms with Crippen molar-refractivity contribution in [1.82, 2.24) is 10.5 Å². The van der Waals surface area contributed by atoms with Gasteiger partial charge in [0.25, 0.3) is 5.91 Å². The van der Waals surface area contributed by atoms with E-state index < -0.39 is 5.91 Å². The van der Waals surface area contributed by atoms with Crippen molar-refractivity contribution in [2.24, 2.45) is 11.8 Å². The number of carbonyl (C=O) groups is 1. The lowest BCUT2D eigenvalue weighted by atomic mass is 9.76. The number of hydroxylamine groups is 1. The van der Waals surface area contributed by atoms with Crippen molar-refractivity contribution in [2.75, 3.05) is 6.61 Å². The van der Waals surface area contributed by atoms with Crippen LogP contribution in [0, 0.1) is 40.7 Å². The smallest absolute Gasteiger partial charge is 0.275 e. The van der Waals surface area contributed by atoms with Crippen molar-refractivity contribution in [3.63, 3.8) is 0 Å². The molecule has 1 aromatic carbocycles. The van der Waals surface area contributed by atoms with Crippen LogP contribution in [0.1, 0.15) is 28.8 Å². The minimum Gasteiger partial charge on any atom is -0.619 e. The molecule has 2 aromatic heterocycles. The monoisotopic (exact) mass is 413 g/mol. The van der Waals surface area contributed by atoms with Gasteiger partial charge in [0.1, 0.15) is 0 Å². The molecule has 1 amide bonds. The number of hydrogen-bond donors (Lipinski definition) is 3. The highest BCUT2D eigenvalue weighted by molar-refractivity contribution is 6.06. The van der Waals surface area contributed by atoms with Crippen LogP contribution in [-0.2, 0) is 0 Å². The summed E-state index contributed by atoms with van der Waals surface area (Å²) in [5, 5.41) is 30.0. The fourth-order valence-corrected chi connectivity index (χ4v) is 3.52. The van der Waals surface area contributed by atoms with Crippen LogP contribution in [0.2, 0.25) is 0 Å². The van der Waals surface area contributed by atoms with E-state index in [1.807, 2.05) is 24.3 Å². The summed E-state index contributed by atoms with van der Waals surface area (Å²) in [6, 6.07) is 10.4. The number of hydrogen-bond acceptors (Lipinski definition) is 5. The topological polar surface area (TPSA) is 109 Å². The van der Waals surface area contributed by atoms with Gasteiger partial charge in [-0.05, 0) is 48.8 Å². The van der Waals surface area contributed by atoms with E-state index in [1.54, 1.807) is 5.48 Å². The molecule has 1 saturated carbocycles. The molecule has 0 unspecified atom stereocenters. The molecule has 0 atom stereocenters. The maximum atomic E-state index is 12.1. The van der Waals surface area contributed by atoms with Gasteiger partial charge in [-0.25, -0.2) is 10.5 Å². The Balaban J connectivity index is 1.57. The Morgan fingerprint density at radius 1 is 1.23 bits per heavy atom. The van der Waals surface area contributed by atoms with Gasteiger partial charge < -0.3 is 10.3 Å². The molecule has 4 rings (SSSR count). The summed E-state index contributed by atoms with van der Waals surface area (Å²) in [5.74, 6) is 11.8. The van der Waals surface area contributed by atoms with Crippen LogP contribution in [-0.4, -0.2) is 27.8 Å². The zero-order chi connectivity index (χ0) is 21.8. The van der Waals surface area contributed by atoms with Crippen LogP contribution in [0.5, 0.6) is 0 Å². The highest BCUT2D eigenvalue weighted by Crippen LogP contribution is 2.32. The molecular formula is C24H19N3O4. The van der Waals surface area contributed by atoms with E-state index in [1.165, 1.54) is 24.5 Å². The Hall–Kier alpha value is -3.91. The molecule has 0 radical (unpaired) electrons. The van der Waals surface area contributed by atoms with Gasteiger partial charge >= 0.3 is 0 Å². The Bertz CT molecular complexity index is 1260. The van der Waals surface area contributed by atoms with Crippen LogP contribution in [0.15, 0.2) is 48.8 Å². The third-order valence-electron chi connectivity index (χ3n) is 5.29. The minimum absolute atomic E-state index is 0.145. The Labute approximate surface area is 178 Å². The Morgan fingerprint density at radius 2 is 2.00 bits per heavy atom. The van der Waals surface area contributed by atoms with Crippen molar-refractivity contribution in [3.05, 3.63) is 65.1 Å². The average molecular weight is 413 g/mol. The van der Waals surface area contributed by atoms with Gasteiger partial charge in [-0.2, -0.15) is 4.73 Å². The van der Waals surface area contributed by atoms with Gasteiger partial charge in [0.15, 0.2) is 12.4 Å². The summed E-state index contributed by atoms with van der Waals surface area (Å²) in [5.41, 5.74) is 4.29. The van der Waals surface area contributed by atoms with E-state index in [0.717, 1.165) is 24.0 Å². The molecule has 154 valence electrons. The maximum absolute atomic E-state index is 12.1. The van der Waals surface area contributed by atoms with Crippen LogP contribution in [0.3, 0.4) is 0 Å². The second kappa shape index (κ2) is 8.85. The zero-order valence-corrected chi connectivity index (χ0v) is 16.5. The van der Waals surface area contributed by atoms with E-state index in [4.69, 9.17) is 10.3 Å². The first kappa shape index (κ1) is 20.4. The number of aliphatic hydroxyl groups excluding tert-OH is 1. The van der Waals surface area contributed by atoms with Gasteiger partial charge in [-0.15, -0.1) is 0 Å². The number of carbonyl (C=O) groups excluding carboxylic acids is 1.